The van der Waals surface area contributed by atoms with Crippen molar-refractivity contribution < 1.29 is 14.2 Å². The molecular formula is C27H34N4O3. The van der Waals surface area contributed by atoms with Gasteiger partial charge in [0.1, 0.15) is 17.4 Å². The number of ether oxygens (including phenoxy) is 3. The lowest BCUT2D eigenvalue weighted by molar-refractivity contribution is 0.355. The summed E-state index contributed by atoms with van der Waals surface area (Å²) in [6.45, 7) is 3.56. The van der Waals surface area contributed by atoms with Gasteiger partial charge < -0.3 is 24.0 Å². The van der Waals surface area contributed by atoms with E-state index in [0.29, 0.717) is 17.4 Å². The Kier molecular flexibility index (Phi) is 6.61. The van der Waals surface area contributed by atoms with Gasteiger partial charge in [0.15, 0.2) is 11.5 Å². The van der Waals surface area contributed by atoms with Crippen molar-refractivity contribution in [2.24, 2.45) is 0 Å². The van der Waals surface area contributed by atoms with Crippen LogP contribution >= 0.6 is 0 Å². The van der Waals surface area contributed by atoms with Crippen molar-refractivity contribution in [3.63, 3.8) is 0 Å². The van der Waals surface area contributed by atoms with E-state index in [4.69, 9.17) is 24.2 Å². The summed E-state index contributed by atoms with van der Waals surface area (Å²) >= 11 is 0. The highest BCUT2D eigenvalue weighted by atomic mass is 16.5. The molecule has 5 rings (SSSR count). The lowest BCUT2D eigenvalue weighted by Gasteiger charge is -2.38. The summed E-state index contributed by atoms with van der Waals surface area (Å²) in [5.41, 5.74) is 2.07. The quantitative estimate of drug-likeness (QED) is 0.509. The fraction of sp³-hybridized carbons (Fsp3) is 0.481. The molecule has 0 unspecified atom stereocenters. The van der Waals surface area contributed by atoms with Crippen molar-refractivity contribution in [2.45, 2.75) is 38.0 Å². The van der Waals surface area contributed by atoms with Crippen LogP contribution in [0.5, 0.6) is 17.2 Å². The minimum Gasteiger partial charge on any atom is -0.495 e. The van der Waals surface area contributed by atoms with Crippen molar-refractivity contribution >= 4 is 22.4 Å². The summed E-state index contributed by atoms with van der Waals surface area (Å²) in [4.78, 5) is 15.0. The molecular weight excluding hydrogens is 428 g/mol. The summed E-state index contributed by atoms with van der Waals surface area (Å²) in [5, 5.41) is 1.02. The Morgan fingerprint density at radius 2 is 1.38 bits per heavy atom. The minimum absolute atomic E-state index is 0.430. The molecule has 3 aromatic rings. The average Bonchev–Trinajstić information content (AvgIpc) is 2.92. The number of methoxy groups -OCH3 is 3. The van der Waals surface area contributed by atoms with Crippen LogP contribution < -0.4 is 24.0 Å². The van der Waals surface area contributed by atoms with Crippen LogP contribution in [0.2, 0.25) is 0 Å². The number of piperazine rings is 1. The Bertz CT molecular complexity index is 1140. The van der Waals surface area contributed by atoms with Gasteiger partial charge in [-0.15, -0.1) is 0 Å². The fourth-order valence-electron chi connectivity index (χ4n) is 5.29. The first-order valence-electron chi connectivity index (χ1n) is 12.3. The zero-order valence-corrected chi connectivity index (χ0v) is 20.4. The number of rotatable bonds is 6. The van der Waals surface area contributed by atoms with Crippen molar-refractivity contribution in [2.75, 3.05) is 57.3 Å². The molecule has 0 radical (unpaired) electrons. The standard InChI is InChI=1S/C27H34N4O3/c1-32-23-12-8-7-11-22(23)30-13-15-31(16-14-30)27-20-17-24(33-2)25(34-3)18-21(20)28-26(29-27)19-9-5-4-6-10-19/h7-8,11-12,17-19H,4-6,9-10,13-16H2,1-3H3. The molecule has 1 saturated heterocycles. The normalized spacial score (nSPS) is 17.1. The zero-order chi connectivity index (χ0) is 23.5. The van der Waals surface area contributed by atoms with E-state index in [1.54, 1.807) is 21.3 Å². The summed E-state index contributed by atoms with van der Waals surface area (Å²) < 4.78 is 16.8. The van der Waals surface area contributed by atoms with Gasteiger partial charge in [0.2, 0.25) is 0 Å². The molecule has 2 aromatic carbocycles. The first-order valence-corrected chi connectivity index (χ1v) is 12.3. The Morgan fingerprint density at radius 1 is 0.735 bits per heavy atom. The first-order chi connectivity index (χ1) is 16.7. The lowest BCUT2D eigenvalue weighted by atomic mass is 9.88. The molecule has 1 saturated carbocycles. The van der Waals surface area contributed by atoms with Gasteiger partial charge in [0.25, 0.3) is 0 Å². The van der Waals surface area contributed by atoms with E-state index in [-0.39, 0.29) is 0 Å². The summed E-state index contributed by atoms with van der Waals surface area (Å²) in [5.74, 6) is 4.74. The third-order valence-electron chi connectivity index (χ3n) is 7.17. The number of aromatic nitrogens is 2. The highest BCUT2D eigenvalue weighted by molar-refractivity contribution is 5.92. The molecule has 2 heterocycles. The SMILES string of the molecule is COc1cc2nc(C3CCCCC3)nc(N3CCN(c4ccccc4OC)CC3)c2cc1OC. The third-order valence-corrected chi connectivity index (χ3v) is 7.17. The predicted octanol–water partition coefficient (Wildman–Crippen LogP) is 5.03. The van der Waals surface area contributed by atoms with Gasteiger partial charge in [-0.05, 0) is 31.0 Å². The number of hydrogen-bond acceptors (Lipinski definition) is 7. The van der Waals surface area contributed by atoms with Crippen LogP contribution in [0.3, 0.4) is 0 Å². The van der Waals surface area contributed by atoms with Crippen LogP contribution in [0, 0.1) is 0 Å². The number of nitrogens with zero attached hydrogens (tertiary/aromatic N) is 4. The van der Waals surface area contributed by atoms with Gasteiger partial charge in [-0.25, -0.2) is 9.97 Å². The second-order valence-electron chi connectivity index (χ2n) is 9.11. The molecule has 0 atom stereocenters. The average molecular weight is 463 g/mol. The maximum absolute atomic E-state index is 5.61. The minimum atomic E-state index is 0.430. The van der Waals surface area contributed by atoms with Gasteiger partial charge in [0, 0.05) is 43.5 Å². The molecule has 1 aliphatic heterocycles. The van der Waals surface area contributed by atoms with E-state index in [0.717, 1.165) is 60.2 Å². The van der Waals surface area contributed by atoms with Crippen molar-refractivity contribution in [1.82, 2.24) is 9.97 Å². The summed E-state index contributed by atoms with van der Waals surface area (Å²) in [7, 11) is 5.08. The molecule has 2 aliphatic rings. The second kappa shape index (κ2) is 9.95. The Morgan fingerprint density at radius 3 is 2.09 bits per heavy atom. The Balaban J connectivity index is 1.50. The molecule has 34 heavy (non-hydrogen) atoms. The molecule has 0 amide bonds. The fourth-order valence-corrected chi connectivity index (χ4v) is 5.29. The molecule has 1 aromatic heterocycles. The smallest absolute Gasteiger partial charge is 0.162 e. The van der Waals surface area contributed by atoms with Crippen LogP contribution in [0.4, 0.5) is 11.5 Å². The summed E-state index contributed by atoms with van der Waals surface area (Å²) in [6.07, 6.45) is 6.16. The molecule has 7 nitrogen and oxygen atoms in total. The second-order valence-corrected chi connectivity index (χ2v) is 9.11. The van der Waals surface area contributed by atoms with Gasteiger partial charge in [-0.2, -0.15) is 0 Å². The van der Waals surface area contributed by atoms with Crippen LogP contribution in [0.1, 0.15) is 43.8 Å². The van der Waals surface area contributed by atoms with E-state index in [1.807, 2.05) is 24.3 Å². The van der Waals surface area contributed by atoms with Crippen LogP contribution in [-0.4, -0.2) is 57.5 Å². The van der Waals surface area contributed by atoms with E-state index in [2.05, 4.69) is 21.9 Å². The highest BCUT2D eigenvalue weighted by Gasteiger charge is 2.26. The summed E-state index contributed by atoms with van der Waals surface area (Å²) in [6, 6.07) is 12.3. The molecule has 180 valence electrons. The van der Waals surface area contributed by atoms with Gasteiger partial charge in [-0.1, -0.05) is 31.4 Å². The largest absolute Gasteiger partial charge is 0.495 e. The molecule has 0 bridgehead atoms. The third kappa shape index (κ3) is 4.31. The van der Waals surface area contributed by atoms with E-state index in [1.165, 1.54) is 32.1 Å². The van der Waals surface area contributed by atoms with Gasteiger partial charge in [0.05, 0.1) is 32.5 Å². The molecule has 0 N–H and O–H groups in total. The van der Waals surface area contributed by atoms with E-state index in [9.17, 15) is 0 Å². The Hall–Kier alpha value is -3.22. The van der Waals surface area contributed by atoms with Crippen molar-refractivity contribution in [3.05, 3.63) is 42.2 Å². The highest BCUT2D eigenvalue weighted by Crippen LogP contribution is 2.39. The number of anilines is 2. The van der Waals surface area contributed by atoms with Gasteiger partial charge in [-0.3, -0.25) is 0 Å². The number of hydrogen-bond donors (Lipinski definition) is 0. The monoisotopic (exact) mass is 462 g/mol. The topological polar surface area (TPSA) is 60.0 Å². The molecule has 7 heteroatoms. The maximum atomic E-state index is 5.61. The van der Waals surface area contributed by atoms with E-state index < -0.39 is 0 Å². The molecule has 2 fully saturated rings. The zero-order valence-electron chi connectivity index (χ0n) is 20.4. The van der Waals surface area contributed by atoms with Crippen molar-refractivity contribution in [1.29, 1.82) is 0 Å². The number of para-hydroxylation sites is 2. The predicted molar refractivity (Wildman–Crippen MR) is 136 cm³/mol. The lowest BCUT2D eigenvalue weighted by Crippen LogP contribution is -2.47. The van der Waals surface area contributed by atoms with E-state index >= 15 is 0 Å². The maximum Gasteiger partial charge on any atom is 0.162 e. The van der Waals surface area contributed by atoms with Crippen molar-refractivity contribution in [3.8, 4) is 17.2 Å². The van der Waals surface area contributed by atoms with Gasteiger partial charge >= 0.3 is 0 Å². The van der Waals surface area contributed by atoms with Crippen LogP contribution in [-0.2, 0) is 0 Å². The first kappa shape index (κ1) is 22.6. The number of fused-ring (bicyclic) bond motifs is 1. The van der Waals surface area contributed by atoms with Crippen LogP contribution in [0.25, 0.3) is 10.9 Å². The molecule has 0 spiro atoms. The molecule has 1 aliphatic carbocycles. The Labute approximate surface area is 201 Å². The van der Waals surface area contributed by atoms with Crippen LogP contribution in [0.15, 0.2) is 36.4 Å². The number of benzene rings is 2.